The van der Waals surface area contributed by atoms with Gasteiger partial charge in [0.25, 0.3) is 5.91 Å². The van der Waals surface area contributed by atoms with Crippen LogP contribution in [0.5, 0.6) is 17.2 Å². The van der Waals surface area contributed by atoms with Crippen molar-refractivity contribution in [2.24, 2.45) is 0 Å². The highest BCUT2D eigenvalue weighted by Gasteiger charge is 2.21. The molecule has 0 radical (unpaired) electrons. The predicted octanol–water partition coefficient (Wildman–Crippen LogP) is 1.90. The Kier molecular flexibility index (Phi) is 5.88. The Bertz CT molecular complexity index is 859. The third kappa shape index (κ3) is 3.95. The van der Waals surface area contributed by atoms with Crippen LogP contribution in [0, 0.1) is 0 Å². The molecule has 1 fully saturated rings. The molecule has 0 unspecified atom stereocenters. The molecule has 1 heterocycles. The van der Waals surface area contributed by atoms with E-state index in [1.807, 2.05) is 23.1 Å². The summed E-state index contributed by atoms with van der Waals surface area (Å²) < 4.78 is 15.9. The molecule has 3 rings (SSSR count). The van der Waals surface area contributed by atoms with Crippen molar-refractivity contribution in [1.82, 2.24) is 5.32 Å². The van der Waals surface area contributed by atoms with Gasteiger partial charge >= 0.3 is 0 Å². The summed E-state index contributed by atoms with van der Waals surface area (Å²) in [5, 5.41) is 5.71. The van der Waals surface area contributed by atoms with Crippen LogP contribution in [0.1, 0.15) is 10.4 Å². The summed E-state index contributed by atoms with van der Waals surface area (Å²) in [6, 6.07) is 10.6. The monoisotopic (exact) mass is 385 g/mol. The molecule has 0 aromatic heterocycles. The molecule has 1 aliphatic heterocycles. The van der Waals surface area contributed by atoms with E-state index in [1.165, 1.54) is 21.3 Å². The van der Waals surface area contributed by atoms with Crippen molar-refractivity contribution in [3.63, 3.8) is 0 Å². The van der Waals surface area contributed by atoms with Gasteiger partial charge in [-0.15, -0.1) is 0 Å². The van der Waals surface area contributed by atoms with E-state index in [2.05, 4.69) is 10.6 Å². The molecule has 0 aliphatic carbocycles. The normalized spacial score (nSPS) is 13.5. The lowest BCUT2D eigenvalue weighted by Crippen LogP contribution is -2.47. The summed E-state index contributed by atoms with van der Waals surface area (Å²) in [4.78, 5) is 26.5. The maximum absolute atomic E-state index is 12.9. The summed E-state index contributed by atoms with van der Waals surface area (Å²) in [7, 11) is 4.50. The van der Waals surface area contributed by atoms with E-state index in [4.69, 9.17) is 14.2 Å². The van der Waals surface area contributed by atoms with Gasteiger partial charge in [0.15, 0.2) is 11.5 Å². The lowest BCUT2D eigenvalue weighted by Gasteiger charge is -2.30. The second-order valence-electron chi connectivity index (χ2n) is 6.16. The summed E-state index contributed by atoms with van der Waals surface area (Å²) in [6.07, 6.45) is 0. The zero-order valence-electron chi connectivity index (χ0n) is 16.1. The Labute approximate surface area is 163 Å². The number of hydrogen-bond donors (Lipinski definition) is 2. The zero-order valence-corrected chi connectivity index (χ0v) is 16.1. The standard InChI is InChI=1S/C20H23N3O5/c1-26-16-10-13(11-17(27-2)19(16)28-3)20(25)22-14-6-4-5-7-15(14)23-9-8-21-18(24)12-23/h4-7,10-11H,8-9,12H2,1-3H3,(H,21,24)(H,22,25). The average Bonchev–Trinajstić information content (AvgIpc) is 2.72. The second-order valence-corrected chi connectivity index (χ2v) is 6.16. The summed E-state index contributed by atoms with van der Waals surface area (Å²) in [6.45, 7) is 1.48. The first kappa shape index (κ1) is 19.3. The number of hydrogen-bond acceptors (Lipinski definition) is 6. The molecule has 1 saturated heterocycles. The smallest absolute Gasteiger partial charge is 0.255 e. The molecule has 148 valence electrons. The Balaban J connectivity index is 1.89. The van der Waals surface area contributed by atoms with Gasteiger partial charge in [-0.2, -0.15) is 0 Å². The fourth-order valence-electron chi connectivity index (χ4n) is 3.11. The van der Waals surface area contributed by atoms with Crippen LogP contribution >= 0.6 is 0 Å². The van der Waals surface area contributed by atoms with Crippen molar-refractivity contribution in [1.29, 1.82) is 0 Å². The van der Waals surface area contributed by atoms with E-state index in [1.54, 1.807) is 18.2 Å². The van der Waals surface area contributed by atoms with Crippen molar-refractivity contribution in [2.45, 2.75) is 0 Å². The number of amides is 2. The maximum Gasteiger partial charge on any atom is 0.255 e. The Morgan fingerprint density at radius 1 is 1.07 bits per heavy atom. The van der Waals surface area contributed by atoms with Crippen LogP contribution in [0.15, 0.2) is 36.4 Å². The van der Waals surface area contributed by atoms with Gasteiger partial charge in [-0.3, -0.25) is 9.59 Å². The van der Waals surface area contributed by atoms with Gasteiger partial charge in [-0.25, -0.2) is 0 Å². The number of anilines is 2. The molecule has 2 amide bonds. The molecule has 0 bridgehead atoms. The van der Waals surface area contributed by atoms with E-state index < -0.39 is 0 Å². The third-order valence-electron chi connectivity index (χ3n) is 4.46. The SMILES string of the molecule is COc1cc(C(=O)Nc2ccccc2N2CCNC(=O)C2)cc(OC)c1OC. The topological polar surface area (TPSA) is 89.1 Å². The largest absolute Gasteiger partial charge is 0.493 e. The van der Waals surface area contributed by atoms with Crippen molar-refractivity contribution in [2.75, 3.05) is 51.2 Å². The number of benzene rings is 2. The highest BCUT2D eigenvalue weighted by atomic mass is 16.5. The molecule has 2 aromatic rings. The number of para-hydroxylation sites is 2. The molecule has 2 N–H and O–H groups in total. The minimum atomic E-state index is -0.326. The summed E-state index contributed by atoms with van der Waals surface area (Å²) >= 11 is 0. The number of methoxy groups -OCH3 is 3. The van der Waals surface area contributed by atoms with E-state index in [0.29, 0.717) is 41.6 Å². The molecule has 0 spiro atoms. The van der Waals surface area contributed by atoms with E-state index in [-0.39, 0.29) is 18.4 Å². The van der Waals surface area contributed by atoms with Crippen LogP contribution in [0.3, 0.4) is 0 Å². The summed E-state index contributed by atoms with van der Waals surface area (Å²) in [5.74, 6) is 0.840. The van der Waals surface area contributed by atoms with E-state index in [0.717, 1.165) is 5.69 Å². The van der Waals surface area contributed by atoms with Gasteiger partial charge in [0.1, 0.15) is 0 Å². The highest BCUT2D eigenvalue weighted by Crippen LogP contribution is 2.38. The first-order valence-corrected chi connectivity index (χ1v) is 8.79. The van der Waals surface area contributed by atoms with Gasteiger partial charge in [0.05, 0.1) is 39.2 Å². The van der Waals surface area contributed by atoms with Crippen LogP contribution in [0.2, 0.25) is 0 Å². The van der Waals surface area contributed by atoms with Gasteiger partial charge in [0, 0.05) is 18.7 Å². The fraction of sp³-hybridized carbons (Fsp3) is 0.300. The van der Waals surface area contributed by atoms with Crippen molar-refractivity contribution >= 4 is 23.2 Å². The number of carbonyl (C=O) groups excluding carboxylic acids is 2. The number of piperazine rings is 1. The third-order valence-corrected chi connectivity index (χ3v) is 4.46. The van der Waals surface area contributed by atoms with Crippen molar-refractivity contribution in [3.05, 3.63) is 42.0 Å². The summed E-state index contributed by atoms with van der Waals surface area (Å²) in [5.41, 5.74) is 1.77. The Morgan fingerprint density at radius 2 is 1.75 bits per heavy atom. The van der Waals surface area contributed by atoms with Crippen LogP contribution in [0.4, 0.5) is 11.4 Å². The first-order valence-electron chi connectivity index (χ1n) is 8.79. The quantitative estimate of drug-likeness (QED) is 0.790. The van der Waals surface area contributed by atoms with Gasteiger partial charge < -0.3 is 29.7 Å². The number of carbonyl (C=O) groups is 2. The Hall–Kier alpha value is -3.42. The molecule has 8 heteroatoms. The fourth-order valence-corrected chi connectivity index (χ4v) is 3.11. The molecule has 2 aromatic carbocycles. The molecule has 0 saturated carbocycles. The van der Waals surface area contributed by atoms with Crippen molar-refractivity contribution < 1.29 is 23.8 Å². The highest BCUT2D eigenvalue weighted by molar-refractivity contribution is 6.07. The lowest BCUT2D eigenvalue weighted by atomic mass is 10.1. The Morgan fingerprint density at radius 3 is 2.36 bits per heavy atom. The average molecular weight is 385 g/mol. The van der Waals surface area contributed by atoms with Crippen LogP contribution in [-0.4, -0.2) is 52.8 Å². The predicted molar refractivity (Wildman–Crippen MR) is 106 cm³/mol. The molecular formula is C20H23N3O5. The van der Waals surface area contributed by atoms with E-state index in [9.17, 15) is 9.59 Å². The minimum absolute atomic E-state index is 0.0444. The number of nitrogens with one attached hydrogen (secondary N) is 2. The number of ether oxygens (including phenoxy) is 3. The van der Waals surface area contributed by atoms with E-state index >= 15 is 0 Å². The maximum atomic E-state index is 12.9. The minimum Gasteiger partial charge on any atom is -0.493 e. The number of rotatable bonds is 6. The number of nitrogens with zero attached hydrogens (tertiary/aromatic N) is 1. The molecule has 1 aliphatic rings. The van der Waals surface area contributed by atoms with Gasteiger partial charge in [0.2, 0.25) is 11.7 Å². The zero-order chi connectivity index (χ0) is 20.1. The molecule has 28 heavy (non-hydrogen) atoms. The second kappa shape index (κ2) is 8.51. The molecule has 0 atom stereocenters. The molecular weight excluding hydrogens is 362 g/mol. The lowest BCUT2D eigenvalue weighted by molar-refractivity contribution is -0.120. The van der Waals surface area contributed by atoms with Crippen LogP contribution < -0.4 is 29.7 Å². The van der Waals surface area contributed by atoms with Crippen molar-refractivity contribution in [3.8, 4) is 17.2 Å². The van der Waals surface area contributed by atoms with Crippen LogP contribution in [-0.2, 0) is 4.79 Å². The first-order chi connectivity index (χ1) is 13.6. The van der Waals surface area contributed by atoms with Crippen LogP contribution in [0.25, 0.3) is 0 Å². The van der Waals surface area contributed by atoms with Gasteiger partial charge in [-0.05, 0) is 24.3 Å². The van der Waals surface area contributed by atoms with Gasteiger partial charge in [-0.1, -0.05) is 12.1 Å². The molecule has 8 nitrogen and oxygen atoms in total.